The first-order chi connectivity index (χ1) is 11.6. The number of benzene rings is 1. The largest absolute Gasteiger partial charge is 0.496 e. The predicted octanol–water partition coefficient (Wildman–Crippen LogP) is 2.21. The Morgan fingerprint density at radius 2 is 2.17 bits per heavy atom. The smallest absolute Gasteiger partial charge is 0.308 e. The molecule has 0 spiro atoms. The van der Waals surface area contributed by atoms with Gasteiger partial charge in [0.2, 0.25) is 0 Å². The average Bonchev–Trinajstić information content (AvgIpc) is 3.22. The summed E-state index contributed by atoms with van der Waals surface area (Å²) in [6.45, 7) is 4.84. The third kappa shape index (κ3) is 3.28. The fourth-order valence-corrected chi connectivity index (χ4v) is 3.47. The first-order valence-corrected chi connectivity index (χ1v) is 8.21. The Bertz CT molecular complexity index is 713. The number of aliphatic carboxylic acids is 1. The van der Waals surface area contributed by atoms with E-state index >= 15 is 0 Å². The Kier molecular flexibility index (Phi) is 4.85. The van der Waals surface area contributed by atoms with Crippen LogP contribution in [0.5, 0.6) is 5.75 Å². The zero-order chi connectivity index (χ0) is 17.1. The van der Waals surface area contributed by atoms with Crippen LogP contribution in [0.25, 0.3) is 0 Å². The van der Waals surface area contributed by atoms with Gasteiger partial charge in [0, 0.05) is 43.9 Å². The van der Waals surface area contributed by atoms with E-state index in [0.717, 1.165) is 30.0 Å². The monoisotopic (exact) mass is 329 g/mol. The molecule has 0 amide bonds. The van der Waals surface area contributed by atoms with Gasteiger partial charge in [-0.2, -0.15) is 5.10 Å². The molecule has 1 aromatic heterocycles. The molecule has 1 saturated heterocycles. The van der Waals surface area contributed by atoms with Crippen LogP contribution in [0.15, 0.2) is 36.7 Å². The van der Waals surface area contributed by atoms with Crippen molar-refractivity contribution in [3.8, 4) is 5.75 Å². The number of likely N-dealkylation sites (tertiary alicyclic amines) is 1. The highest BCUT2D eigenvalue weighted by Crippen LogP contribution is 2.38. The molecule has 24 heavy (non-hydrogen) atoms. The second kappa shape index (κ2) is 7.05. The van der Waals surface area contributed by atoms with Crippen LogP contribution in [-0.2, 0) is 17.9 Å². The number of nitrogens with zero attached hydrogens (tertiary/aromatic N) is 3. The summed E-state index contributed by atoms with van der Waals surface area (Å²) in [5.74, 6) is -0.491. The molecule has 0 bridgehead atoms. The number of aryl methyl sites for hydroxylation is 1. The molecule has 6 nitrogen and oxygen atoms in total. The summed E-state index contributed by atoms with van der Waals surface area (Å²) < 4.78 is 7.32. The highest BCUT2D eigenvalue weighted by Gasteiger charge is 2.39. The van der Waals surface area contributed by atoms with E-state index in [1.807, 2.05) is 48.3 Å². The lowest BCUT2D eigenvalue weighted by atomic mass is 9.88. The Morgan fingerprint density at radius 3 is 2.83 bits per heavy atom. The molecular weight excluding hydrogens is 306 g/mol. The zero-order valence-corrected chi connectivity index (χ0v) is 14.1. The van der Waals surface area contributed by atoms with E-state index < -0.39 is 11.9 Å². The summed E-state index contributed by atoms with van der Waals surface area (Å²) in [6.07, 6.45) is 3.88. The van der Waals surface area contributed by atoms with Crippen LogP contribution in [0.3, 0.4) is 0 Å². The van der Waals surface area contributed by atoms with Crippen molar-refractivity contribution < 1.29 is 14.6 Å². The maximum absolute atomic E-state index is 11.7. The van der Waals surface area contributed by atoms with Crippen molar-refractivity contribution in [3.63, 3.8) is 0 Å². The van der Waals surface area contributed by atoms with E-state index in [4.69, 9.17) is 4.74 Å². The molecule has 1 N–H and O–H groups in total. The van der Waals surface area contributed by atoms with E-state index in [-0.39, 0.29) is 5.92 Å². The number of rotatable bonds is 6. The number of aromatic nitrogens is 2. The predicted molar refractivity (Wildman–Crippen MR) is 90.0 cm³/mol. The Labute approximate surface area is 141 Å². The van der Waals surface area contributed by atoms with Crippen molar-refractivity contribution >= 4 is 5.97 Å². The molecule has 0 saturated carbocycles. The van der Waals surface area contributed by atoms with Gasteiger partial charge in [-0.05, 0) is 18.6 Å². The molecule has 128 valence electrons. The fourth-order valence-electron chi connectivity index (χ4n) is 3.47. The van der Waals surface area contributed by atoms with Gasteiger partial charge in [-0.25, -0.2) is 0 Å². The molecule has 6 heteroatoms. The molecular formula is C18H23N3O3. The van der Waals surface area contributed by atoms with Gasteiger partial charge in [0.15, 0.2) is 0 Å². The van der Waals surface area contributed by atoms with Crippen LogP contribution in [0.2, 0.25) is 0 Å². The van der Waals surface area contributed by atoms with Gasteiger partial charge in [-0.1, -0.05) is 18.2 Å². The number of ether oxygens (including phenoxy) is 1. The van der Waals surface area contributed by atoms with Crippen LogP contribution in [0, 0.1) is 5.92 Å². The summed E-state index contributed by atoms with van der Waals surface area (Å²) >= 11 is 0. The first kappa shape index (κ1) is 16.5. The van der Waals surface area contributed by atoms with Gasteiger partial charge in [0.25, 0.3) is 0 Å². The summed E-state index contributed by atoms with van der Waals surface area (Å²) in [6, 6.07) is 7.70. The van der Waals surface area contributed by atoms with Crippen molar-refractivity contribution in [2.45, 2.75) is 25.9 Å². The number of para-hydroxylation sites is 1. The maximum atomic E-state index is 11.7. The highest BCUT2D eigenvalue weighted by atomic mass is 16.5. The van der Waals surface area contributed by atoms with Gasteiger partial charge in [0.05, 0.1) is 19.2 Å². The molecule has 1 aliphatic rings. The third-order valence-corrected chi connectivity index (χ3v) is 4.67. The minimum absolute atomic E-state index is 0.0696. The molecule has 3 rings (SSSR count). The van der Waals surface area contributed by atoms with E-state index in [0.29, 0.717) is 13.1 Å². The zero-order valence-electron chi connectivity index (χ0n) is 14.1. The number of carboxylic acid groups (broad SMARTS) is 1. The van der Waals surface area contributed by atoms with Gasteiger partial charge >= 0.3 is 5.97 Å². The van der Waals surface area contributed by atoms with Crippen LogP contribution in [-0.4, -0.2) is 46.0 Å². The molecule has 1 fully saturated rings. The molecule has 2 aromatic rings. The third-order valence-electron chi connectivity index (χ3n) is 4.67. The second-order valence-corrected chi connectivity index (χ2v) is 6.19. The lowest BCUT2D eigenvalue weighted by Gasteiger charge is -2.18. The molecule has 0 radical (unpaired) electrons. The number of carbonyl (C=O) groups is 1. The van der Waals surface area contributed by atoms with E-state index in [1.165, 1.54) is 0 Å². The Hall–Kier alpha value is -2.34. The standard InChI is InChI=1S/C18H23N3O3/c1-3-21-10-13(8-19-21)9-20-11-15(16(12-20)18(22)23)14-6-4-5-7-17(14)24-2/h4-8,10,15-16H,3,9,11-12H2,1-2H3,(H,22,23). The Morgan fingerprint density at radius 1 is 1.38 bits per heavy atom. The molecule has 0 aliphatic carbocycles. The van der Waals surface area contributed by atoms with Gasteiger partial charge in [-0.3, -0.25) is 14.4 Å². The van der Waals surface area contributed by atoms with Crippen LogP contribution in [0.4, 0.5) is 0 Å². The van der Waals surface area contributed by atoms with Crippen molar-refractivity contribution in [1.29, 1.82) is 0 Å². The van der Waals surface area contributed by atoms with Gasteiger partial charge < -0.3 is 9.84 Å². The summed E-state index contributed by atoms with van der Waals surface area (Å²) in [7, 11) is 1.63. The molecule has 2 unspecified atom stereocenters. The summed E-state index contributed by atoms with van der Waals surface area (Å²) in [4.78, 5) is 13.9. The molecule has 2 atom stereocenters. The van der Waals surface area contributed by atoms with E-state index in [1.54, 1.807) is 7.11 Å². The maximum Gasteiger partial charge on any atom is 0.308 e. The average molecular weight is 329 g/mol. The number of methoxy groups -OCH3 is 1. The number of hydrogen-bond acceptors (Lipinski definition) is 4. The van der Waals surface area contributed by atoms with Gasteiger partial charge in [-0.15, -0.1) is 0 Å². The molecule has 2 heterocycles. The highest BCUT2D eigenvalue weighted by molar-refractivity contribution is 5.72. The van der Waals surface area contributed by atoms with Crippen molar-refractivity contribution in [1.82, 2.24) is 14.7 Å². The van der Waals surface area contributed by atoms with Crippen molar-refractivity contribution in [2.24, 2.45) is 5.92 Å². The first-order valence-electron chi connectivity index (χ1n) is 8.21. The fraction of sp³-hybridized carbons (Fsp3) is 0.444. The summed E-state index contributed by atoms with van der Waals surface area (Å²) in [5, 5.41) is 13.9. The minimum atomic E-state index is -0.752. The lowest BCUT2D eigenvalue weighted by molar-refractivity contribution is -0.141. The Balaban J connectivity index is 1.80. The normalized spacial score (nSPS) is 21.1. The van der Waals surface area contributed by atoms with Crippen molar-refractivity contribution in [3.05, 3.63) is 47.8 Å². The van der Waals surface area contributed by atoms with Crippen LogP contribution >= 0.6 is 0 Å². The van der Waals surface area contributed by atoms with E-state index in [9.17, 15) is 9.90 Å². The van der Waals surface area contributed by atoms with Crippen molar-refractivity contribution in [2.75, 3.05) is 20.2 Å². The topological polar surface area (TPSA) is 67.6 Å². The van der Waals surface area contributed by atoms with Gasteiger partial charge in [0.1, 0.15) is 5.75 Å². The lowest BCUT2D eigenvalue weighted by Crippen LogP contribution is -2.23. The van der Waals surface area contributed by atoms with Crippen LogP contribution < -0.4 is 4.74 Å². The van der Waals surface area contributed by atoms with Crippen LogP contribution in [0.1, 0.15) is 24.0 Å². The second-order valence-electron chi connectivity index (χ2n) is 6.19. The molecule has 1 aromatic carbocycles. The molecule has 1 aliphatic heterocycles. The SMILES string of the molecule is CCn1cc(CN2CC(C(=O)O)C(c3ccccc3OC)C2)cn1. The quantitative estimate of drug-likeness (QED) is 0.880. The number of carboxylic acids is 1. The summed E-state index contributed by atoms with van der Waals surface area (Å²) in [5.41, 5.74) is 2.08. The van der Waals surface area contributed by atoms with E-state index in [2.05, 4.69) is 10.00 Å². The minimum Gasteiger partial charge on any atom is -0.496 e. The number of hydrogen-bond donors (Lipinski definition) is 1.